The highest BCUT2D eigenvalue weighted by molar-refractivity contribution is 7.13. The van der Waals surface area contributed by atoms with Crippen LogP contribution in [0.15, 0.2) is 53.9 Å². The second-order valence-electron chi connectivity index (χ2n) is 8.30. The number of carbonyl (C=O) groups is 1. The quantitative estimate of drug-likeness (QED) is 0.584. The van der Waals surface area contributed by atoms with Gasteiger partial charge in [0.1, 0.15) is 5.01 Å². The summed E-state index contributed by atoms with van der Waals surface area (Å²) in [6.45, 7) is 2.96. The van der Waals surface area contributed by atoms with E-state index in [1.165, 1.54) is 18.4 Å². The first-order chi connectivity index (χ1) is 15.7. The molecule has 7 heteroatoms. The molecule has 0 radical (unpaired) electrons. The molecule has 2 aliphatic rings. The summed E-state index contributed by atoms with van der Waals surface area (Å²) in [6.07, 6.45) is 3.86. The van der Waals surface area contributed by atoms with Gasteiger partial charge in [-0.2, -0.15) is 0 Å². The normalized spacial score (nSPS) is 17.9. The summed E-state index contributed by atoms with van der Waals surface area (Å²) in [7, 11) is 0. The number of fused-ring (bicyclic) bond motifs is 1. The van der Waals surface area contributed by atoms with Crippen molar-refractivity contribution < 1.29 is 14.3 Å². The first-order valence-corrected chi connectivity index (χ1v) is 12.0. The number of carbonyl (C=O) groups excluding carboxylic acids is 1. The number of hydrogen-bond acceptors (Lipinski definition) is 6. The molecule has 2 aromatic carbocycles. The van der Waals surface area contributed by atoms with E-state index in [0.29, 0.717) is 19.0 Å². The number of thiazole rings is 1. The van der Waals surface area contributed by atoms with Crippen molar-refractivity contribution in [1.29, 1.82) is 0 Å². The Morgan fingerprint density at radius 1 is 1.12 bits per heavy atom. The molecule has 1 unspecified atom stereocenters. The molecule has 32 heavy (non-hydrogen) atoms. The average molecular weight is 450 g/mol. The molecule has 3 heterocycles. The van der Waals surface area contributed by atoms with Crippen LogP contribution >= 0.6 is 11.3 Å². The van der Waals surface area contributed by atoms with Crippen molar-refractivity contribution >= 4 is 17.2 Å². The molecule has 1 aromatic heterocycles. The monoisotopic (exact) mass is 449 g/mol. The first kappa shape index (κ1) is 21.0. The van der Waals surface area contributed by atoms with Gasteiger partial charge in [0.2, 0.25) is 12.7 Å². The van der Waals surface area contributed by atoms with E-state index in [1.54, 1.807) is 11.3 Å². The maximum absolute atomic E-state index is 12.6. The average Bonchev–Trinajstić information content (AvgIpc) is 3.48. The number of benzene rings is 2. The van der Waals surface area contributed by atoms with Crippen LogP contribution in [0.5, 0.6) is 11.5 Å². The van der Waals surface area contributed by atoms with Crippen LogP contribution in [-0.4, -0.2) is 41.7 Å². The van der Waals surface area contributed by atoms with E-state index < -0.39 is 0 Å². The van der Waals surface area contributed by atoms with Crippen LogP contribution in [0.1, 0.15) is 30.5 Å². The van der Waals surface area contributed by atoms with E-state index in [9.17, 15) is 4.79 Å². The number of piperidine rings is 1. The highest BCUT2D eigenvalue weighted by Crippen LogP contribution is 2.36. The fraction of sp³-hybridized carbons (Fsp3) is 0.360. The summed E-state index contributed by atoms with van der Waals surface area (Å²) in [5.74, 6) is 1.52. The van der Waals surface area contributed by atoms with Crippen LogP contribution in [-0.2, 0) is 17.8 Å². The third-order valence-corrected chi connectivity index (χ3v) is 6.97. The minimum absolute atomic E-state index is 0.0257. The molecule has 1 atom stereocenters. The third-order valence-electron chi connectivity index (χ3n) is 6.03. The van der Waals surface area contributed by atoms with Gasteiger partial charge >= 0.3 is 0 Å². The molecule has 0 spiro atoms. The second kappa shape index (κ2) is 9.71. The van der Waals surface area contributed by atoms with E-state index in [-0.39, 0.29) is 12.7 Å². The lowest BCUT2D eigenvalue weighted by atomic mass is 10.0. The Hall–Kier alpha value is -2.90. The Labute approximate surface area is 192 Å². The molecule has 6 nitrogen and oxygen atoms in total. The van der Waals surface area contributed by atoms with Gasteiger partial charge in [0.25, 0.3) is 0 Å². The van der Waals surface area contributed by atoms with Gasteiger partial charge in [-0.1, -0.05) is 36.8 Å². The van der Waals surface area contributed by atoms with Crippen LogP contribution in [0.4, 0.5) is 0 Å². The molecular weight excluding hydrogens is 422 g/mol. The minimum Gasteiger partial charge on any atom is -0.454 e. The van der Waals surface area contributed by atoms with Crippen LogP contribution < -0.4 is 14.8 Å². The van der Waals surface area contributed by atoms with Gasteiger partial charge in [-0.3, -0.25) is 9.69 Å². The number of nitrogens with one attached hydrogen (secondary N) is 1. The predicted molar refractivity (Wildman–Crippen MR) is 125 cm³/mol. The van der Waals surface area contributed by atoms with Gasteiger partial charge in [0.15, 0.2) is 11.5 Å². The van der Waals surface area contributed by atoms with Crippen molar-refractivity contribution in [2.45, 2.75) is 38.3 Å². The molecular formula is C25H27N3O3S. The lowest BCUT2D eigenvalue weighted by Gasteiger charge is -2.35. The van der Waals surface area contributed by atoms with Crippen molar-refractivity contribution in [2.24, 2.45) is 0 Å². The number of amides is 1. The standard InChI is InChI=1S/C25H27N3O3S/c29-24(26-14-21-8-4-5-11-28(21)15-18-6-2-1-3-7-18)13-20-16-32-25(27-20)19-9-10-22-23(12-19)31-17-30-22/h1-3,6-7,9-10,12,16,21H,4-5,8,11,13-15,17H2,(H,26,29). The van der Waals surface area contributed by atoms with E-state index in [1.807, 2.05) is 29.6 Å². The van der Waals surface area contributed by atoms with Crippen LogP contribution in [0.3, 0.4) is 0 Å². The van der Waals surface area contributed by atoms with Gasteiger partial charge in [-0.15, -0.1) is 11.3 Å². The fourth-order valence-electron chi connectivity index (χ4n) is 4.33. The minimum atomic E-state index is 0.0257. The number of nitrogens with zero attached hydrogens (tertiary/aromatic N) is 2. The van der Waals surface area contributed by atoms with Crippen molar-refractivity contribution in [2.75, 3.05) is 19.9 Å². The molecule has 2 aliphatic heterocycles. The van der Waals surface area contributed by atoms with Crippen LogP contribution in [0, 0.1) is 0 Å². The van der Waals surface area contributed by atoms with Crippen molar-refractivity contribution in [3.8, 4) is 22.1 Å². The van der Waals surface area contributed by atoms with Crippen LogP contribution in [0.2, 0.25) is 0 Å². The Morgan fingerprint density at radius 3 is 2.91 bits per heavy atom. The Kier molecular flexibility index (Phi) is 6.36. The largest absolute Gasteiger partial charge is 0.454 e. The summed E-state index contributed by atoms with van der Waals surface area (Å²) in [4.78, 5) is 19.8. The Morgan fingerprint density at radius 2 is 2.00 bits per heavy atom. The zero-order chi connectivity index (χ0) is 21.8. The zero-order valence-electron chi connectivity index (χ0n) is 18.0. The molecule has 0 saturated carbocycles. The second-order valence-corrected chi connectivity index (χ2v) is 9.16. The van der Waals surface area contributed by atoms with Crippen molar-refractivity contribution in [3.63, 3.8) is 0 Å². The molecule has 5 rings (SSSR count). The van der Waals surface area contributed by atoms with E-state index in [4.69, 9.17) is 9.47 Å². The van der Waals surface area contributed by atoms with Gasteiger partial charge in [-0.25, -0.2) is 4.98 Å². The number of rotatable bonds is 7. The number of ether oxygens (including phenoxy) is 2. The molecule has 1 amide bonds. The highest BCUT2D eigenvalue weighted by Gasteiger charge is 2.23. The van der Waals surface area contributed by atoms with E-state index >= 15 is 0 Å². The Bertz CT molecular complexity index is 1070. The third kappa shape index (κ3) is 4.95. The molecule has 166 valence electrons. The molecule has 3 aromatic rings. The topological polar surface area (TPSA) is 63.7 Å². The highest BCUT2D eigenvalue weighted by atomic mass is 32.1. The fourth-order valence-corrected chi connectivity index (χ4v) is 5.14. The van der Waals surface area contributed by atoms with E-state index in [0.717, 1.165) is 47.3 Å². The van der Waals surface area contributed by atoms with Crippen molar-refractivity contribution in [3.05, 3.63) is 65.2 Å². The summed E-state index contributed by atoms with van der Waals surface area (Å²) < 4.78 is 10.8. The maximum atomic E-state index is 12.6. The van der Waals surface area contributed by atoms with Gasteiger partial charge in [0.05, 0.1) is 12.1 Å². The summed E-state index contributed by atoms with van der Waals surface area (Å²) in [5, 5.41) is 5.99. The molecule has 0 aliphatic carbocycles. The summed E-state index contributed by atoms with van der Waals surface area (Å²) in [6, 6.07) is 16.8. The Balaban J connectivity index is 1.15. The first-order valence-electron chi connectivity index (χ1n) is 11.1. The lowest BCUT2D eigenvalue weighted by Crippen LogP contribution is -2.46. The molecule has 1 saturated heterocycles. The van der Waals surface area contributed by atoms with Gasteiger partial charge in [-0.05, 0) is 43.1 Å². The smallest absolute Gasteiger partial charge is 0.231 e. The number of hydrogen-bond donors (Lipinski definition) is 1. The van der Waals surface area contributed by atoms with Crippen molar-refractivity contribution in [1.82, 2.24) is 15.2 Å². The van der Waals surface area contributed by atoms with Gasteiger partial charge < -0.3 is 14.8 Å². The SMILES string of the molecule is O=C(Cc1csc(-c2ccc3c(c2)OCO3)n1)NCC1CCCCN1Cc1ccccc1. The zero-order valence-corrected chi connectivity index (χ0v) is 18.8. The lowest BCUT2D eigenvalue weighted by molar-refractivity contribution is -0.120. The predicted octanol–water partition coefficient (Wildman–Crippen LogP) is 4.25. The summed E-state index contributed by atoms with van der Waals surface area (Å²) >= 11 is 1.54. The molecule has 1 N–H and O–H groups in total. The molecule has 0 bridgehead atoms. The number of likely N-dealkylation sites (tertiary alicyclic amines) is 1. The maximum Gasteiger partial charge on any atom is 0.231 e. The van der Waals surface area contributed by atoms with E-state index in [2.05, 4.69) is 39.5 Å². The summed E-state index contributed by atoms with van der Waals surface area (Å²) in [5.41, 5.74) is 3.10. The molecule has 1 fully saturated rings. The van der Waals surface area contributed by atoms with Gasteiger partial charge in [0, 0.05) is 30.1 Å². The van der Waals surface area contributed by atoms with Crippen LogP contribution in [0.25, 0.3) is 10.6 Å². The number of aromatic nitrogens is 1.